The summed E-state index contributed by atoms with van der Waals surface area (Å²) in [6.45, 7) is 0. The van der Waals surface area contributed by atoms with Gasteiger partial charge in [0.1, 0.15) is 0 Å². The van der Waals surface area contributed by atoms with Crippen molar-refractivity contribution in [3.63, 3.8) is 0 Å². The number of thioether (sulfide) groups is 1. The van der Waals surface area contributed by atoms with Gasteiger partial charge in [0, 0.05) is 10.9 Å². The minimum absolute atomic E-state index is 0.778. The zero-order valence-corrected chi connectivity index (χ0v) is 12.8. The Hall–Kier alpha value is -0.470. The summed E-state index contributed by atoms with van der Waals surface area (Å²) in [5.74, 6) is 2.19. The first kappa shape index (κ1) is 13.5. The minimum atomic E-state index is 0.778. The van der Waals surface area contributed by atoms with Gasteiger partial charge in [-0.1, -0.05) is 12.5 Å². The monoisotopic (exact) mass is 275 g/mol. The van der Waals surface area contributed by atoms with E-state index in [4.69, 9.17) is 0 Å². The molecule has 1 fully saturated rings. The molecule has 3 rings (SSSR count). The first-order chi connectivity index (χ1) is 9.36. The Bertz CT molecular complexity index is 429. The zero-order chi connectivity index (χ0) is 13.1. The third-order valence-corrected chi connectivity index (χ3v) is 5.88. The van der Waals surface area contributed by atoms with E-state index in [0.29, 0.717) is 0 Å². The molecule has 1 aromatic carbocycles. The summed E-state index contributed by atoms with van der Waals surface area (Å²) < 4.78 is 0. The molecule has 2 atom stereocenters. The van der Waals surface area contributed by atoms with Crippen LogP contribution in [-0.2, 0) is 12.8 Å². The lowest BCUT2D eigenvalue weighted by atomic mass is 10.0. The summed E-state index contributed by atoms with van der Waals surface area (Å²) in [4.78, 5) is 1.49. The molecule has 1 saturated carbocycles. The van der Waals surface area contributed by atoms with Crippen LogP contribution in [-0.4, -0.2) is 18.8 Å². The average molecular weight is 275 g/mol. The van der Waals surface area contributed by atoms with Gasteiger partial charge in [-0.15, -0.1) is 11.8 Å². The summed E-state index contributed by atoms with van der Waals surface area (Å²) in [5, 5.41) is 3.49. The van der Waals surface area contributed by atoms with E-state index in [9.17, 15) is 0 Å². The maximum absolute atomic E-state index is 3.49. The number of benzene rings is 1. The molecule has 0 heterocycles. The fourth-order valence-electron chi connectivity index (χ4n) is 3.73. The second-order valence-electron chi connectivity index (χ2n) is 6.01. The van der Waals surface area contributed by atoms with E-state index >= 15 is 0 Å². The molecular formula is C17H25NS. The van der Waals surface area contributed by atoms with Crippen LogP contribution in [0.2, 0.25) is 0 Å². The standard InChI is InChI=1S/C17H25NS/c1-18-17-7-3-5-14(17)10-11-19-16-9-8-13-4-2-6-15(13)12-16/h8-9,12,14,17-18H,2-7,10-11H2,1H3. The highest BCUT2D eigenvalue weighted by Crippen LogP contribution is 2.32. The molecule has 0 bridgehead atoms. The maximum atomic E-state index is 3.49. The predicted molar refractivity (Wildman–Crippen MR) is 84.0 cm³/mol. The molecule has 0 aromatic heterocycles. The number of hydrogen-bond acceptors (Lipinski definition) is 2. The average Bonchev–Trinajstić information content (AvgIpc) is 3.06. The lowest BCUT2D eigenvalue weighted by molar-refractivity contribution is 0.417. The first-order valence-electron chi connectivity index (χ1n) is 7.78. The van der Waals surface area contributed by atoms with Crippen molar-refractivity contribution in [1.29, 1.82) is 0 Å². The highest BCUT2D eigenvalue weighted by molar-refractivity contribution is 7.99. The number of aryl methyl sites for hydroxylation is 2. The molecule has 0 amide bonds. The topological polar surface area (TPSA) is 12.0 Å². The van der Waals surface area contributed by atoms with Gasteiger partial charge in [0.05, 0.1) is 0 Å². The molecule has 0 spiro atoms. The van der Waals surface area contributed by atoms with E-state index in [1.807, 2.05) is 0 Å². The van der Waals surface area contributed by atoms with Crippen LogP contribution in [0.5, 0.6) is 0 Å². The van der Waals surface area contributed by atoms with Gasteiger partial charge in [-0.3, -0.25) is 0 Å². The summed E-state index contributed by atoms with van der Waals surface area (Å²) in [6.07, 6.45) is 9.55. The van der Waals surface area contributed by atoms with Gasteiger partial charge in [0.25, 0.3) is 0 Å². The summed E-state index contributed by atoms with van der Waals surface area (Å²) in [6, 6.07) is 7.91. The van der Waals surface area contributed by atoms with Gasteiger partial charge >= 0.3 is 0 Å². The van der Waals surface area contributed by atoms with Crippen LogP contribution in [0.3, 0.4) is 0 Å². The number of fused-ring (bicyclic) bond motifs is 1. The molecule has 19 heavy (non-hydrogen) atoms. The fraction of sp³-hybridized carbons (Fsp3) is 0.647. The summed E-state index contributed by atoms with van der Waals surface area (Å²) in [7, 11) is 2.12. The molecule has 2 unspecified atom stereocenters. The second-order valence-corrected chi connectivity index (χ2v) is 7.18. The van der Waals surface area contributed by atoms with Crippen LogP contribution in [0.25, 0.3) is 0 Å². The normalized spacial score (nSPS) is 25.7. The van der Waals surface area contributed by atoms with Crippen molar-refractivity contribution in [2.24, 2.45) is 5.92 Å². The quantitative estimate of drug-likeness (QED) is 0.814. The molecule has 0 aliphatic heterocycles. The van der Waals surface area contributed by atoms with Gasteiger partial charge < -0.3 is 5.32 Å². The number of rotatable bonds is 5. The Morgan fingerprint density at radius 2 is 2.05 bits per heavy atom. The van der Waals surface area contributed by atoms with Crippen molar-refractivity contribution >= 4 is 11.8 Å². The number of nitrogens with one attached hydrogen (secondary N) is 1. The van der Waals surface area contributed by atoms with Crippen LogP contribution >= 0.6 is 11.8 Å². The Kier molecular flexibility index (Phi) is 4.49. The van der Waals surface area contributed by atoms with Crippen molar-refractivity contribution in [1.82, 2.24) is 5.32 Å². The van der Waals surface area contributed by atoms with Crippen LogP contribution in [0.15, 0.2) is 23.1 Å². The zero-order valence-electron chi connectivity index (χ0n) is 12.0. The molecule has 2 aliphatic carbocycles. The van der Waals surface area contributed by atoms with Gasteiger partial charge in [-0.05, 0) is 80.5 Å². The van der Waals surface area contributed by atoms with Gasteiger partial charge in [-0.2, -0.15) is 0 Å². The highest BCUT2D eigenvalue weighted by atomic mass is 32.2. The second kappa shape index (κ2) is 6.32. The van der Waals surface area contributed by atoms with E-state index in [1.165, 1.54) is 55.6 Å². The molecular weight excluding hydrogens is 250 g/mol. The van der Waals surface area contributed by atoms with Gasteiger partial charge in [0.2, 0.25) is 0 Å². The molecule has 1 aromatic rings. The fourth-order valence-corrected chi connectivity index (χ4v) is 4.77. The Labute approximate surface area is 121 Å². The SMILES string of the molecule is CNC1CCCC1CCSc1ccc2c(c1)CCC2. The molecule has 0 radical (unpaired) electrons. The van der Waals surface area contributed by atoms with Crippen LogP contribution in [0.1, 0.15) is 43.2 Å². The smallest absolute Gasteiger partial charge is 0.00926 e. The maximum Gasteiger partial charge on any atom is 0.00926 e. The largest absolute Gasteiger partial charge is 0.317 e. The summed E-state index contributed by atoms with van der Waals surface area (Å²) in [5.41, 5.74) is 3.20. The van der Waals surface area contributed by atoms with Crippen molar-refractivity contribution in [2.45, 2.75) is 55.9 Å². The molecule has 2 aliphatic rings. The van der Waals surface area contributed by atoms with E-state index in [-0.39, 0.29) is 0 Å². The third-order valence-electron chi connectivity index (χ3n) is 4.86. The highest BCUT2D eigenvalue weighted by Gasteiger charge is 2.25. The molecule has 2 heteroatoms. The van der Waals surface area contributed by atoms with Crippen LogP contribution < -0.4 is 5.32 Å². The van der Waals surface area contributed by atoms with Gasteiger partial charge in [-0.25, -0.2) is 0 Å². The van der Waals surface area contributed by atoms with Crippen molar-refractivity contribution in [2.75, 3.05) is 12.8 Å². The van der Waals surface area contributed by atoms with E-state index in [1.54, 1.807) is 11.1 Å². The van der Waals surface area contributed by atoms with E-state index < -0.39 is 0 Å². The molecule has 104 valence electrons. The number of hydrogen-bond donors (Lipinski definition) is 1. The first-order valence-corrected chi connectivity index (χ1v) is 8.77. The van der Waals surface area contributed by atoms with Crippen molar-refractivity contribution in [3.05, 3.63) is 29.3 Å². The summed E-state index contributed by atoms with van der Waals surface area (Å²) >= 11 is 2.06. The Morgan fingerprint density at radius 1 is 1.16 bits per heavy atom. The van der Waals surface area contributed by atoms with E-state index in [0.717, 1.165) is 12.0 Å². The van der Waals surface area contributed by atoms with Crippen molar-refractivity contribution in [3.8, 4) is 0 Å². The Balaban J connectivity index is 1.50. The van der Waals surface area contributed by atoms with Crippen LogP contribution in [0, 0.1) is 5.92 Å². The minimum Gasteiger partial charge on any atom is -0.317 e. The lowest BCUT2D eigenvalue weighted by Crippen LogP contribution is -2.29. The van der Waals surface area contributed by atoms with Crippen LogP contribution in [0.4, 0.5) is 0 Å². The molecule has 1 nitrogen and oxygen atoms in total. The van der Waals surface area contributed by atoms with E-state index in [2.05, 4.69) is 42.3 Å². The van der Waals surface area contributed by atoms with Crippen molar-refractivity contribution < 1.29 is 0 Å². The molecule has 1 N–H and O–H groups in total. The van der Waals surface area contributed by atoms with Gasteiger partial charge in [0.15, 0.2) is 0 Å². The molecule has 0 saturated heterocycles. The Morgan fingerprint density at radius 3 is 2.95 bits per heavy atom. The third kappa shape index (κ3) is 3.17. The lowest BCUT2D eigenvalue weighted by Gasteiger charge is -2.18. The predicted octanol–water partition coefficient (Wildman–Crippen LogP) is 4.05.